The van der Waals surface area contributed by atoms with E-state index in [1.807, 2.05) is 25.1 Å². The molecule has 1 aliphatic rings. The topological polar surface area (TPSA) is 48.1 Å². The van der Waals surface area contributed by atoms with Crippen LogP contribution >= 0.6 is 0 Å². The standard InChI is InChI=1S/C22H25N3O/c1-15-4-3-5-19-20(15)14-21(24-22(19)26)18-8-6-17(7-9-18)16(2)25-12-10-23-11-13-25/h3-9,14,16,23H,10-13H2,1-2H3,(H,24,26). The van der Waals surface area contributed by atoms with Crippen LogP contribution in [-0.2, 0) is 0 Å². The predicted octanol–water partition coefficient (Wildman–Crippen LogP) is 3.47. The average Bonchev–Trinajstić information content (AvgIpc) is 2.69. The molecule has 0 radical (unpaired) electrons. The summed E-state index contributed by atoms with van der Waals surface area (Å²) in [4.78, 5) is 18.0. The van der Waals surface area contributed by atoms with Gasteiger partial charge in [-0.05, 0) is 48.1 Å². The van der Waals surface area contributed by atoms with Gasteiger partial charge in [0.25, 0.3) is 5.56 Å². The number of hydrogen-bond acceptors (Lipinski definition) is 3. The van der Waals surface area contributed by atoms with Crippen molar-refractivity contribution in [1.29, 1.82) is 0 Å². The van der Waals surface area contributed by atoms with Gasteiger partial charge < -0.3 is 10.3 Å². The van der Waals surface area contributed by atoms with Gasteiger partial charge in [0, 0.05) is 43.3 Å². The molecular weight excluding hydrogens is 322 g/mol. The van der Waals surface area contributed by atoms with Crippen LogP contribution in [0.15, 0.2) is 53.3 Å². The van der Waals surface area contributed by atoms with E-state index in [9.17, 15) is 4.79 Å². The summed E-state index contributed by atoms with van der Waals surface area (Å²) in [6, 6.07) is 16.9. The third kappa shape index (κ3) is 3.18. The van der Waals surface area contributed by atoms with Crippen molar-refractivity contribution in [2.45, 2.75) is 19.9 Å². The number of fused-ring (bicyclic) bond motifs is 1. The molecule has 4 rings (SSSR count). The zero-order valence-corrected chi connectivity index (χ0v) is 15.4. The highest BCUT2D eigenvalue weighted by molar-refractivity contribution is 5.87. The lowest BCUT2D eigenvalue weighted by molar-refractivity contribution is 0.185. The van der Waals surface area contributed by atoms with Crippen LogP contribution in [0.1, 0.15) is 24.1 Å². The molecule has 26 heavy (non-hydrogen) atoms. The molecule has 1 fully saturated rings. The molecule has 4 nitrogen and oxygen atoms in total. The van der Waals surface area contributed by atoms with Gasteiger partial charge in [-0.25, -0.2) is 0 Å². The summed E-state index contributed by atoms with van der Waals surface area (Å²) in [5, 5.41) is 5.17. The minimum Gasteiger partial charge on any atom is -0.321 e. The Morgan fingerprint density at radius 2 is 1.73 bits per heavy atom. The normalized spacial score (nSPS) is 16.7. The smallest absolute Gasteiger partial charge is 0.256 e. The van der Waals surface area contributed by atoms with E-state index < -0.39 is 0 Å². The number of aromatic nitrogens is 1. The molecule has 0 saturated carbocycles. The van der Waals surface area contributed by atoms with E-state index in [0.29, 0.717) is 6.04 Å². The fraction of sp³-hybridized carbons (Fsp3) is 0.318. The van der Waals surface area contributed by atoms with Crippen LogP contribution in [0.2, 0.25) is 0 Å². The second kappa shape index (κ2) is 7.06. The lowest BCUT2D eigenvalue weighted by Crippen LogP contribution is -2.44. The predicted molar refractivity (Wildman–Crippen MR) is 108 cm³/mol. The van der Waals surface area contributed by atoms with Crippen LogP contribution in [0.3, 0.4) is 0 Å². The molecule has 134 valence electrons. The molecule has 3 aromatic rings. The number of aromatic amines is 1. The molecule has 0 amide bonds. The first-order valence-electron chi connectivity index (χ1n) is 9.31. The highest BCUT2D eigenvalue weighted by Crippen LogP contribution is 2.26. The number of aryl methyl sites for hydroxylation is 1. The molecule has 4 heteroatoms. The highest BCUT2D eigenvalue weighted by atomic mass is 16.1. The number of piperazine rings is 1. The third-order valence-corrected chi connectivity index (χ3v) is 5.51. The van der Waals surface area contributed by atoms with E-state index in [4.69, 9.17) is 0 Å². The summed E-state index contributed by atoms with van der Waals surface area (Å²) in [6.45, 7) is 8.59. The van der Waals surface area contributed by atoms with Crippen molar-refractivity contribution >= 4 is 10.8 Å². The Labute approximate surface area is 153 Å². The van der Waals surface area contributed by atoms with Crippen LogP contribution in [0, 0.1) is 6.92 Å². The zero-order chi connectivity index (χ0) is 18.1. The molecule has 0 bridgehead atoms. The monoisotopic (exact) mass is 347 g/mol. The number of H-pyrrole nitrogens is 1. The summed E-state index contributed by atoms with van der Waals surface area (Å²) in [6.07, 6.45) is 0. The number of nitrogens with zero attached hydrogens (tertiary/aromatic N) is 1. The van der Waals surface area contributed by atoms with Crippen molar-refractivity contribution in [3.05, 3.63) is 70.0 Å². The average molecular weight is 347 g/mol. The van der Waals surface area contributed by atoms with Gasteiger partial charge >= 0.3 is 0 Å². The quantitative estimate of drug-likeness (QED) is 0.763. The molecule has 2 aromatic carbocycles. The molecule has 2 N–H and O–H groups in total. The first kappa shape index (κ1) is 17.0. The minimum atomic E-state index is -0.0283. The molecule has 1 saturated heterocycles. The van der Waals surface area contributed by atoms with Crippen molar-refractivity contribution in [1.82, 2.24) is 15.2 Å². The summed E-state index contributed by atoms with van der Waals surface area (Å²) in [7, 11) is 0. The SMILES string of the molecule is Cc1cccc2c(=O)[nH]c(-c3ccc(C(C)N4CCNCC4)cc3)cc12. The maximum absolute atomic E-state index is 12.4. The van der Waals surface area contributed by atoms with Crippen LogP contribution in [-0.4, -0.2) is 36.1 Å². The second-order valence-electron chi connectivity index (χ2n) is 7.13. The summed E-state index contributed by atoms with van der Waals surface area (Å²) < 4.78 is 0. The van der Waals surface area contributed by atoms with Gasteiger partial charge in [0.2, 0.25) is 0 Å². The minimum absolute atomic E-state index is 0.0283. The number of pyridine rings is 1. The van der Waals surface area contributed by atoms with E-state index in [-0.39, 0.29) is 5.56 Å². The second-order valence-corrected chi connectivity index (χ2v) is 7.13. The van der Waals surface area contributed by atoms with Crippen LogP contribution in [0.4, 0.5) is 0 Å². The summed E-state index contributed by atoms with van der Waals surface area (Å²) in [5.41, 5.74) is 4.33. The first-order chi connectivity index (χ1) is 12.6. The Morgan fingerprint density at radius 3 is 2.46 bits per heavy atom. The van der Waals surface area contributed by atoms with E-state index in [1.165, 1.54) is 5.56 Å². The molecule has 1 atom stereocenters. The molecule has 1 aromatic heterocycles. The Balaban J connectivity index is 1.65. The van der Waals surface area contributed by atoms with E-state index in [0.717, 1.165) is 53.8 Å². The van der Waals surface area contributed by atoms with Gasteiger partial charge in [-0.3, -0.25) is 9.69 Å². The fourth-order valence-electron chi connectivity index (χ4n) is 3.82. The largest absolute Gasteiger partial charge is 0.321 e. The van der Waals surface area contributed by atoms with Gasteiger partial charge in [0.05, 0.1) is 0 Å². The van der Waals surface area contributed by atoms with Gasteiger partial charge in [0.1, 0.15) is 0 Å². The Kier molecular flexibility index (Phi) is 4.62. The molecule has 2 heterocycles. The van der Waals surface area contributed by atoms with Gasteiger partial charge in [-0.1, -0.05) is 36.4 Å². The summed E-state index contributed by atoms with van der Waals surface area (Å²) in [5.74, 6) is 0. The third-order valence-electron chi connectivity index (χ3n) is 5.51. The van der Waals surface area contributed by atoms with E-state index in [1.54, 1.807) is 0 Å². The van der Waals surface area contributed by atoms with E-state index in [2.05, 4.69) is 52.5 Å². The lowest BCUT2D eigenvalue weighted by Gasteiger charge is -2.33. The summed E-state index contributed by atoms with van der Waals surface area (Å²) >= 11 is 0. The first-order valence-corrected chi connectivity index (χ1v) is 9.31. The number of nitrogens with one attached hydrogen (secondary N) is 2. The Bertz CT molecular complexity index is 969. The number of rotatable bonds is 3. The van der Waals surface area contributed by atoms with Gasteiger partial charge in [-0.2, -0.15) is 0 Å². The fourth-order valence-corrected chi connectivity index (χ4v) is 3.82. The van der Waals surface area contributed by atoms with E-state index >= 15 is 0 Å². The molecule has 1 unspecified atom stereocenters. The Morgan fingerprint density at radius 1 is 1.00 bits per heavy atom. The maximum atomic E-state index is 12.4. The molecule has 1 aliphatic heterocycles. The van der Waals surface area contributed by atoms with Crippen molar-refractivity contribution in [3.8, 4) is 11.3 Å². The number of hydrogen-bond donors (Lipinski definition) is 2. The number of benzene rings is 2. The Hall–Kier alpha value is -2.43. The molecular formula is C22H25N3O. The van der Waals surface area contributed by atoms with Crippen molar-refractivity contribution in [3.63, 3.8) is 0 Å². The maximum Gasteiger partial charge on any atom is 0.256 e. The van der Waals surface area contributed by atoms with Crippen LogP contribution in [0.5, 0.6) is 0 Å². The molecule has 0 aliphatic carbocycles. The lowest BCUT2D eigenvalue weighted by atomic mass is 10.0. The van der Waals surface area contributed by atoms with Crippen molar-refractivity contribution < 1.29 is 0 Å². The van der Waals surface area contributed by atoms with Gasteiger partial charge in [0.15, 0.2) is 0 Å². The zero-order valence-electron chi connectivity index (χ0n) is 15.4. The van der Waals surface area contributed by atoms with Gasteiger partial charge in [-0.15, -0.1) is 0 Å². The van der Waals surface area contributed by atoms with Crippen LogP contribution in [0.25, 0.3) is 22.0 Å². The highest BCUT2D eigenvalue weighted by Gasteiger charge is 2.17. The van der Waals surface area contributed by atoms with Crippen molar-refractivity contribution in [2.24, 2.45) is 0 Å². The van der Waals surface area contributed by atoms with Crippen molar-refractivity contribution in [2.75, 3.05) is 26.2 Å². The molecule has 0 spiro atoms. The van der Waals surface area contributed by atoms with Crippen LogP contribution < -0.4 is 10.9 Å².